The number of halogens is 2. The molecular weight excluding hydrogens is 262 g/mol. The maximum atomic E-state index is 14.3. The SMILES string of the molecule is NCCc1cc(F)c(N2CCOC3CCCC32)c(F)c1. The molecule has 110 valence electrons. The molecule has 1 aromatic carbocycles. The Morgan fingerprint density at radius 2 is 2.00 bits per heavy atom. The van der Waals surface area contributed by atoms with Gasteiger partial charge in [-0.25, -0.2) is 8.78 Å². The molecule has 0 bridgehead atoms. The number of rotatable bonds is 3. The maximum absolute atomic E-state index is 14.3. The van der Waals surface area contributed by atoms with Gasteiger partial charge in [0.2, 0.25) is 0 Å². The predicted molar refractivity (Wildman–Crippen MR) is 73.8 cm³/mol. The molecule has 2 unspecified atom stereocenters. The quantitative estimate of drug-likeness (QED) is 0.924. The molecular formula is C15H20F2N2O. The number of fused-ring (bicyclic) bond motifs is 1. The summed E-state index contributed by atoms with van der Waals surface area (Å²) in [7, 11) is 0. The van der Waals surface area contributed by atoms with Crippen LogP contribution >= 0.6 is 0 Å². The Balaban J connectivity index is 1.92. The van der Waals surface area contributed by atoms with Crippen LogP contribution in [0.15, 0.2) is 12.1 Å². The number of ether oxygens (including phenoxy) is 1. The lowest BCUT2D eigenvalue weighted by Gasteiger charge is -2.39. The van der Waals surface area contributed by atoms with Crippen molar-refractivity contribution in [2.45, 2.75) is 37.8 Å². The van der Waals surface area contributed by atoms with Gasteiger partial charge in [0.25, 0.3) is 0 Å². The number of nitrogens with two attached hydrogens (primary N) is 1. The highest BCUT2D eigenvalue weighted by atomic mass is 19.1. The lowest BCUT2D eigenvalue weighted by Crippen LogP contribution is -2.49. The van der Waals surface area contributed by atoms with E-state index >= 15 is 0 Å². The molecule has 3 rings (SSSR count). The van der Waals surface area contributed by atoms with Gasteiger partial charge in [0.15, 0.2) is 0 Å². The van der Waals surface area contributed by atoms with Gasteiger partial charge >= 0.3 is 0 Å². The van der Waals surface area contributed by atoms with Crippen molar-refractivity contribution in [3.8, 4) is 0 Å². The van der Waals surface area contributed by atoms with E-state index in [-0.39, 0.29) is 17.8 Å². The van der Waals surface area contributed by atoms with E-state index in [4.69, 9.17) is 10.5 Å². The van der Waals surface area contributed by atoms with E-state index in [1.54, 1.807) is 0 Å². The zero-order valence-electron chi connectivity index (χ0n) is 11.4. The Labute approximate surface area is 117 Å². The first-order valence-corrected chi connectivity index (χ1v) is 7.27. The Bertz CT molecular complexity index is 472. The molecule has 1 saturated heterocycles. The highest BCUT2D eigenvalue weighted by Crippen LogP contribution is 2.36. The van der Waals surface area contributed by atoms with Crippen molar-refractivity contribution in [2.75, 3.05) is 24.6 Å². The van der Waals surface area contributed by atoms with Crippen LogP contribution in [0.3, 0.4) is 0 Å². The first-order valence-electron chi connectivity index (χ1n) is 7.27. The van der Waals surface area contributed by atoms with Crippen LogP contribution in [0.1, 0.15) is 24.8 Å². The minimum absolute atomic E-state index is 0.103. The highest BCUT2D eigenvalue weighted by molar-refractivity contribution is 5.52. The van der Waals surface area contributed by atoms with Gasteiger partial charge in [-0.2, -0.15) is 0 Å². The average molecular weight is 282 g/mol. The molecule has 0 spiro atoms. The molecule has 1 aromatic rings. The smallest absolute Gasteiger partial charge is 0.149 e. The fraction of sp³-hybridized carbons (Fsp3) is 0.600. The molecule has 1 saturated carbocycles. The van der Waals surface area contributed by atoms with Crippen LogP contribution in [0.2, 0.25) is 0 Å². The van der Waals surface area contributed by atoms with Crippen LogP contribution in [0.5, 0.6) is 0 Å². The summed E-state index contributed by atoms with van der Waals surface area (Å²) in [6.45, 7) is 1.47. The van der Waals surface area contributed by atoms with Crippen molar-refractivity contribution in [1.82, 2.24) is 0 Å². The number of morpholine rings is 1. The van der Waals surface area contributed by atoms with E-state index in [1.165, 1.54) is 12.1 Å². The number of hydrogen-bond donors (Lipinski definition) is 1. The molecule has 20 heavy (non-hydrogen) atoms. The molecule has 2 N–H and O–H groups in total. The number of nitrogens with zero attached hydrogens (tertiary/aromatic N) is 1. The summed E-state index contributed by atoms with van der Waals surface area (Å²) in [6.07, 6.45) is 3.58. The summed E-state index contributed by atoms with van der Waals surface area (Å²) in [6, 6.07) is 2.92. The van der Waals surface area contributed by atoms with Crippen LogP contribution in [0.25, 0.3) is 0 Å². The second-order valence-electron chi connectivity index (χ2n) is 5.55. The fourth-order valence-corrected chi connectivity index (χ4v) is 3.41. The van der Waals surface area contributed by atoms with Crippen LogP contribution in [-0.4, -0.2) is 31.8 Å². The molecule has 0 radical (unpaired) electrons. The van der Waals surface area contributed by atoms with E-state index < -0.39 is 11.6 Å². The first-order chi connectivity index (χ1) is 9.70. The minimum Gasteiger partial charge on any atom is -0.374 e. The Kier molecular flexibility index (Phi) is 3.89. The molecule has 5 heteroatoms. The second-order valence-corrected chi connectivity index (χ2v) is 5.55. The molecule has 3 nitrogen and oxygen atoms in total. The number of hydrogen-bond acceptors (Lipinski definition) is 3. The molecule has 2 atom stereocenters. The third kappa shape index (κ3) is 2.40. The van der Waals surface area contributed by atoms with Crippen molar-refractivity contribution < 1.29 is 13.5 Å². The summed E-state index contributed by atoms with van der Waals surface area (Å²) in [5.41, 5.74) is 6.16. The predicted octanol–water partition coefficient (Wildman–Crippen LogP) is 2.22. The summed E-state index contributed by atoms with van der Waals surface area (Å²) in [5.74, 6) is -0.970. The summed E-state index contributed by atoms with van der Waals surface area (Å²) >= 11 is 0. The Morgan fingerprint density at radius 1 is 1.25 bits per heavy atom. The third-order valence-corrected chi connectivity index (χ3v) is 4.28. The van der Waals surface area contributed by atoms with Gasteiger partial charge in [0.05, 0.1) is 18.8 Å². The lowest BCUT2D eigenvalue weighted by molar-refractivity contribution is 0.0251. The van der Waals surface area contributed by atoms with Crippen LogP contribution in [0, 0.1) is 11.6 Å². The van der Waals surface area contributed by atoms with Gasteiger partial charge in [-0.15, -0.1) is 0 Å². The molecule has 2 aliphatic rings. The van der Waals surface area contributed by atoms with Crippen LogP contribution in [-0.2, 0) is 11.2 Å². The summed E-state index contributed by atoms with van der Waals surface area (Å²) in [5, 5.41) is 0. The van der Waals surface area contributed by atoms with Crippen molar-refractivity contribution in [3.63, 3.8) is 0 Å². The van der Waals surface area contributed by atoms with Crippen molar-refractivity contribution in [2.24, 2.45) is 5.73 Å². The van der Waals surface area contributed by atoms with Gasteiger partial charge in [-0.3, -0.25) is 0 Å². The molecule has 1 aliphatic carbocycles. The van der Waals surface area contributed by atoms with Crippen molar-refractivity contribution >= 4 is 5.69 Å². The topological polar surface area (TPSA) is 38.5 Å². The number of anilines is 1. The van der Waals surface area contributed by atoms with Gasteiger partial charge in [0.1, 0.15) is 17.3 Å². The molecule has 0 amide bonds. The van der Waals surface area contributed by atoms with Crippen molar-refractivity contribution in [3.05, 3.63) is 29.3 Å². The molecule has 1 aliphatic heterocycles. The van der Waals surface area contributed by atoms with E-state index in [2.05, 4.69) is 0 Å². The first kappa shape index (κ1) is 13.8. The zero-order valence-corrected chi connectivity index (χ0v) is 11.4. The molecule has 0 aromatic heterocycles. The monoisotopic (exact) mass is 282 g/mol. The summed E-state index contributed by atoms with van der Waals surface area (Å²) in [4.78, 5) is 1.86. The standard InChI is InChI=1S/C15H20F2N2O/c16-11-8-10(4-5-18)9-12(17)15(11)19-6-7-20-14-3-1-2-13(14)19/h8-9,13-14H,1-7,18H2. The minimum atomic E-state index is -0.485. The van der Waals surface area contributed by atoms with Crippen LogP contribution < -0.4 is 10.6 Å². The Morgan fingerprint density at radius 3 is 2.70 bits per heavy atom. The average Bonchev–Trinajstić information content (AvgIpc) is 2.87. The van der Waals surface area contributed by atoms with Crippen LogP contribution in [0.4, 0.5) is 14.5 Å². The Hall–Kier alpha value is -1.20. The van der Waals surface area contributed by atoms with Gasteiger partial charge in [-0.05, 0) is 49.9 Å². The lowest BCUT2D eigenvalue weighted by atomic mass is 10.1. The van der Waals surface area contributed by atoms with Gasteiger partial charge < -0.3 is 15.4 Å². The zero-order chi connectivity index (χ0) is 14.1. The van der Waals surface area contributed by atoms with E-state index in [9.17, 15) is 8.78 Å². The third-order valence-electron chi connectivity index (χ3n) is 4.28. The van der Waals surface area contributed by atoms with Gasteiger partial charge in [-0.1, -0.05) is 0 Å². The molecule has 1 heterocycles. The van der Waals surface area contributed by atoms with Gasteiger partial charge in [0, 0.05) is 6.54 Å². The summed E-state index contributed by atoms with van der Waals surface area (Å²) < 4.78 is 34.3. The molecule has 2 fully saturated rings. The van der Waals surface area contributed by atoms with Crippen molar-refractivity contribution in [1.29, 1.82) is 0 Å². The van der Waals surface area contributed by atoms with E-state index in [1.807, 2.05) is 4.90 Å². The normalized spacial score (nSPS) is 25.9. The highest BCUT2D eigenvalue weighted by Gasteiger charge is 2.38. The van der Waals surface area contributed by atoms with E-state index in [0.717, 1.165) is 19.3 Å². The second kappa shape index (κ2) is 5.66. The maximum Gasteiger partial charge on any atom is 0.149 e. The number of benzene rings is 1. The largest absolute Gasteiger partial charge is 0.374 e. The van der Waals surface area contributed by atoms with E-state index in [0.29, 0.717) is 31.7 Å². The fourth-order valence-electron chi connectivity index (χ4n) is 3.41.